The number of nitrogens with one attached hydrogen (secondary N) is 2. The van der Waals surface area contributed by atoms with E-state index < -0.39 is 11.2 Å². The van der Waals surface area contributed by atoms with Crippen LogP contribution in [0.2, 0.25) is 0 Å². The molecule has 1 aromatic heterocycles. The summed E-state index contributed by atoms with van der Waals surface area (Å²) in [4.78, 5) is 38.5. The molecule has 0 fully saturated rings. The smallest absolute Gasteiger partial charge is 0.326 e. The van der Waals surface area contributed by atoms with Gasteiger partial charge in [0.05, 0.1) is 10.9 Å². The van der Waals surface area contributed by atoms with Crippen molar-refractivity contribution < 1.29 is 9.53 Å². The van der Waals surface area contributed by atoms with Crippen LogP contribution < -0.4 is 16.0 Å². The first kappa shape index (κ1) is 12.1. The second-order valence-corrected chi connectivity index (χ2v) is 3.84. The van der Waals surface area contributed by atoms with Crippen LogP contribution in [0, 0.1) is 0 Å². The number of H-pyrrole nitrogens is 2. The fourth-order valence-corrected chi connectivity index (χ4v) is 1.59. The highest BCUT2D eigenvalue weighted by molar-refractivity contribution is 5.80. The van der Waals surface area contributed by atoms with Crippen molar-refractivity contribution in [2.24, 2.45) is 0 Å². The highest BCUT2D eigenvalue weighted by atomic mass is 16.5. The molecule has 0 aliphatic carbocycles. The summed E-state index contributed by atoms with van der Waals surface area (Å²) in [7, 11) is 0. The minimum Gasteiger partial charge on any atom is -0.427 e. The largest absolute Gasteiger partial charge is 0.427 e. The molecule has 2 rings (SSSR count). The van der Waals surface area contributed by atoms with Crippen LogP contribution in [0.25, 0.3) is 10.9 Å². The third-order valence-corrected chi connectivity index (χ3v) is 2.40. The second-order valence-electron chi connectivity index (χ2n) is 3.84. The summed E-state index contributed by atoms with van der Waals surface area (Å²) in [5.74, 6) is -0.0591. The molecule has 1 aromatic carbocycles. The molecule has 94 valence electrons. The fraction of sp³-hybridized carbons (Fsp3) is 0.250. The highest BCUT2D eigenvalue weighted by Gasteiger charge is 2.06. The van der Waals surface area contributed by atoms with Crippen molar-refractivity contribution in [2.45, 2.75) is 19.8 Å². The number of carbonyl (C=O) groups excluding carboxylic acids is 1. The van der Waals surface area contributed by atoms with Crippen molar-refractivity contribution in [3.8, 4) is 5.75 Å². The van der Waals surface area contributed by atoms with E-state index in [0.29, 0.717) is 24.1 Å². The van der Waals surface area contributed by atoms with Gasteiger partial charge in [0.15, 0.2) is 0 Å². The lowest BCUT2D eigenvalue weighted by Crippen LogP contribution is -2.21. The molecule has 0 saturated carbocycles. The molecule has 18 heavy (non-hydrogen) atoms. The van der Waals surface area contributed by atoms with Gasteiger partial charge in [0.25, 0.3) is 5.56 Å². The normalized spacial score (nSPS) is 10.5. The summed E-state index contributed by atoms with van der Waals surface area (Å²) in [6.45, 7) is 1.87. The molecule has 1 heterocycles. The molecule has 6 heteroatoms. The van der Waals surface area contributed by atoms with Crippen LogP contribution >= 0.6 is 0 Å². The van der Waals surface area contributed by atoms with Crippen LogP contribution in [0.4, 0.5) is 0 Å². The van der Waals surface area contributed by atoms with Gasteiger partial charge in [-0.2, -0.15) is 0 Å². The Labute approximate surface area is 102 Å². The highest BCUT2D eigenvalue weighted by Crippen LogP contribution is 2.16. The number of aromatic nitrogens is 2. The van der Waals surface area contributed by atoms with E-state index in [-0.39, 0.29) is 11.4 Å². The van der Waals surface area contributed by atoms with Crippen molar-refractivity contribution in [1.29, 1.82) is 0 Å². The van der Waals surface area contributed by atoms with Crippen molar-refractivity contribution in [1.82, 2.24) is 9.97 Å². The minimum absolute atomic E-state index is 0.274. The van der Waals surface area contributed by atoms with Crippen molar-refractivity contribution in [3.05, 3.63) is 39.0 Å². The summed E-state index contributed by atoms with van der Waals surface area (Å²) >= 11 is 0. The van der Waals surface area contributed by atoms with E-state index >= 15 is 0 Å². The van der Waals surface area contributed by atoms with E-state index in [9.17, 15) is 14.4 Å². The second kappa shape index (κ2) is 4.87. The zero-order valence-electron chi connectivity index (χ0n) is 9.78. The predicted molar refractivity (Wildman–Crippen MR) is 65.7 cm³/mol. The fourth-order valence-electron chi connectivity index (χ4n) is 1.59. The molecule has 0 spiro atoms. The molecule has 0 aliphatic heterocycles. The minimum atomic E-state index is -0.566. The van der Waals surface area contributed by atoms with Crippen LogP contribution in [-0.2, 0) is 4.79 Å². The standard InChI is InChI=1S/C12H12N2O4/c1-2-3-10(15)18-7-4-5-9-8(6-7)11(16)14-12(17)13-9/h4-6H,2-3H2,1H3,(H2,13,14,16,17). The number of aromatic amines is 2. The molecule has 0 radical (unpaired) electrons. The molecular formula is C12H12N2O4. The van der Waals surface area contributed by atoms with Crippen molar-refractivity contribution in [2.75, 3.05) is 0 Å². The van der Waals surface area contributed by atoms with Crippen molar-refractivity contribution in [3.63, 3.8) is 0 Å². The molecule has 2 N–H and O–H groups in total. The first-order valence-corrected chi connectivity index (χ1v) is 5.57. The van der Waals surface area contributed by atoms with E-state index in [2.05, 4.69) is 9.97 Å². The van der Waals surface area contributed by atoms with Crippen LogP contribution in [-0.4, -0.2) is 15.9 Å². The summed E-state index contributed by atoms with van der Waals surface area (Å²) < 4.78 is 5.06. The van der Waals surface area contributed by atoms with E-state index in [1.807, 2.05) is 6.92 Å². The average Bonchev–Trinajstić information content (AvgIpc) is 2.30. The molecule has 0 unspecified atom stereocenters. The average molecular weight is 248 g/mol. The quantitative estimate of drug-likeness (QED) is 0.624. The van der Waals surface area contributed by atoms with Gasteiger partial charge in [-0.1, -0.05) is 6.92 Å². The Balaban J connectivity index is 2.41. The zero-order chi connectivity index (χ0) is 13.1. The van der Waals surface area contributed by atoms with Crippen molar-refractivity contribution >= 4 is 16.9 Å². The molecular weight excluding hydrogens is 236 g/mol. The molecule has 6 nitrogen and oxygen atoms in total. The van der Waals surface area contributed by atoms with E-state index in [1.54, 1.807) is 0 Å². The number of ether oxygens (including phenoxy) is 1. The summed E-state index contributed by atoms with van der Waals surface area (Å²) in [5, 5.41) is 0.274. The number of fused-ring (bicyclic) bond motifs is 1. The van der Waals surface area contributed by atoms with Gasteiger partial charge in [0, 0.05) is 6.42 Å². The van der Waals surface area contributed by atoms with Crippen LogP contribution in [0.5, 0.6) is 5.75 Å². The topological polar surface area (TPSA) is 92.0 Å². The van der Waals surface area contributed by atoms with Gasteiger partial charge in [0.2, 0.25) is 0 Å². The maximum atomic E-state index is 11.5. The van der Waals surface area contributed by atoms with Gasteiger partial charge in [-0.15, -0.1) is 0 Å². The summed E-state index contributed by atoms with van der Waals surface area (Å²) in [6, 6.07) is 4.49. The Kier molecular flexibility index (Phi) is 3.27. The first-order valence-electron chi connectivity index (χ1n) is 5.57. The van der Waals surface area contributed by atoms with Crippen LogP contribution in [0.3, 0.4) is 0 Å². The Bertz CT molecular complexity index is 699. The van der Waals surface area contributed by atoms with E-state index in [4.69, 9.17) is 4.74 Å². The summed E-state index contributed by atoms with van der Waals surface area (Å²) in [6.07, 6.45) is 1.01. The SMILES string of the molecule is CCCC(=O)Oc1ccc2[nH]c(=O)[nH]c(=O)c2c1. The van der Waals surface area contributed by atoms with Gasteiger partial charge in [0.1, 0.15) is 5.75 Å². The number of rotatable bonds is 3. The molecule has 0 aliphatic rings. The number of carbonyl (C=O) groups is 1. The Morgan fingerprint density at radius 2 is 2.06 bits per heavy atom. The Morgan fingerprint density at radius 3 is 2.78 bits per heavy atom. The lowest BCUT2D eigenvalue weighted by atomic mass is 10.2. The molecule has 2 aromatic rings. The molecule has 0 atom stereocenters. The number of hydrogen-bond donors (Lipinski definition) is 2. The Morgan fingerprint density at radius 1 is 1.28 bits per heavy atom. The number of benzene rings is 1. The zero-order valence-corrected chi connectivity index (χ0v) is 9.78. The predicted octanol–water partition coefficient (Wildman–Crippen LogP) is 0.922. The van der Waals surface area contributed by atoms with Gasteiger partial charge in [-0.3, -0.25) is 14.6 Å². The summed E-state index contributed by atoms with van der Waals surface area (Å²) in [5.41, 5.74) is -0.676. The molecule has 0 saturated heterocycles. The van der Waals surface area contributed by atoms with Gasteiger partial charge in [-0.05, 0) is 24.6 Å². The third-order valence-electron chi connectivity index (χ3n) is 2.40. The van der Waals surface area contributed by atoms with Gasteiger partial charge in [-0.25, -0.2) is 4.79 Å². The maximum absolute atomic E-state index is 11.5. The van der Waals surface area contributed by atoms with Crippen LogP contribution in [0.15, 0.2) is 27.8 Å². The maximum Gasteiger partial charge on any atom is 0.326 e. The van der Waals surface area contributed by atoms with E-state index in [0.717, 1.165) is 0 Å². The van der Waals surface area contributed by atoms with Gasteiger partial charge >= 0.3 is 11.7 Å². The van der Waals surface area contributed by atoms with E-state index in [1.165, 1.54) is 18.2 Å². The molecule has 0 amide bonds. The number of hydrogen-bond acceptors (Lipinski definition) is 4. The third kappa shape index (κ3) is 2.48. The lowest BCUT2D eigenvalue weighted by Gasteiger charge is -2.04. The first-order chi connectivity index (χ1) is 8.60. The van der Waals surface area contributed by atoms with Gasteiger partial charge < -0.3 is 9.72 Å². The monoisotopic (exact) mass is 248 g/mol. The number of esters is 1. The lowest BCUT2D eigenvalue weighted by molar-refractivity contribution is -0.134. The van der Waals surface area contributed by atoms with Crippen LogP contribution in [0.1, 0.15) is 19.8 Å². The molecule has 0 bridgehead atoms. The Hall–Kier alpha value is -2.37.